The molecule has 8 rings (SSSR count). The van der Waals surface area contributed by atoms with Gasteiger partial charge in [0.2, 0.25) is 0 Å². The Morgan fingerprint density at radius 3 is 2.02 bits per heavy atom. The van der Waals surface area contributed by atoms with Crippen molar-refractivity contribution in [3.05, 3.63) is 138 Å². The Labute approximate surface area is 249 Å². The van der Waals surface area contributed by atoms with E-state index < -0.39 is 0 Å². The fourth-order valence-corrected chi connectivity index (χ4v) is 8.18. The van der Waals surface area contributed by atoms with E-state index in [-0.39, 0.29) is 0 Å². The Bertz CT molecular complexity index is 1970. The van der Waals surface area contributed by atoms with Crippen LogP contribution in [-0.4, -0.2) is 4.57 Å². The molecule has 3 aromatic carbocycles. The Hall–Kier alpha value is -4.18. The summed E-state index contributed by atoms with van der Waals surface area (Å²) in [7, 11) is 0. The van der Waals surface area contributed by atoms with E-state index in [1.807, 2.05) is 22.7 Å². The summed E-state index contributed by atoms with van der Waals surface area (Å²) in [5.41, 5.74) is 10.5. The summed E-state index contributed by atoms with van der Waals surface area (Å²) in [6, 6.07) is 35.9. The molecule has 0 N–H and O–H groups in total. The summed E-state index contributed by atoms with van der Waals surface area (Å²) in [6.45, 7) is 0. The van der Waals surface area contributed by atoms with E-state index in [0.717, 1.165) is 25.7 Å². The van der Waals surface area contributed by atoms with Crippen LogP contribution in [0, 0.1) is 0 Å². The lowest BCUT2D eigenvalue weighted by Gasteiger charge is -2.13. The second-order valence-electron chi connectivity index (χ2n) is 10.7. The first-order chi connectivity index (χ1) is 20.3. The molecule has 6 aromatic rings. The molecule has 0 saturated carbocycles. The predicted molar refractivity (Wildman–Crippen MR) is 179 cm³/mol. The number of fused-ring (bicyclic) bond motifs is 3. The number of hydrogen-bond donors (Lipinski definition) is 0. The molecule has 0 spiro atoms. The molecule has 198 valence electrons. The second-order valence-corrected chi connectivity index (χ2v) is 12.9. The van der Waals surface area contributed by atoms with E-state index in [4.69, 9.17) is 0 Å². The lowest BCUT2D eigenvalue weighted by Crippen LogP contribution is -2.02. The third-order valence-electron chi connectivity index (χ3n) is 8.19. The van der Waals surface area contributed by atoms with E-state index >= 15 is 0 Å². The maximum absolute atomic E-state index is 2.49. The van der Waals surface area contributed by atoms with Crippen LogP contribution in [0.1, 0.15) is 35.4 Å². The molecular formula is C38H29NS2. The van der Waals surface area contributed by atoms with Crippen molar-refractivity contribution < 1.29 is 0 Å². The van der Waals surface area contributed by atoms with Gasteiger partial charge in [0.1, 0.15) is 0 Å². The van der Waals surface area contributed by atoms with Gasteiger partial charge in [0.05, 0.1) is 5.52 Å². The van der Waals surface area contributed by atoms with Crippen LogP contribution in [0.15, 0.2) is 121 Å². The largest absolute Gasteiger partial charge is 0.313 e. The third kappa shape index (κ3) is 4.46. The van der Waals surface area contributed by atoms with Crippen LogP contribution in [0.3, 0.4) is 0 Å². The molecule has 3 heterocycles. The zero-order valence-electron chi connectivity index (χ0n) is 22.7. The van der Waals surface area contributed by atoms with E-state index in [0.29, 0.717) is 0 Å². The minimum absolute atomic E-state index is 1.06. The Kier molecular flexibility index (Phi) is 6.20. The third-order valence-corrected chi connectivity index (χ3v) is 10.6. The van der Waals surface area contributed by atoms with Gasteiger partial charge in [-0.25, -0.2) is 0 Å². The van der Waals surface area contributed by atoms with Crippen LogP contribution >= 0.6 is 22.7 Å². The topological polar surface area (TPSA) is 4.93 Å². The average molecular weight is 564 g/mol. The van der Waals surface area contributed by atoms with Gasteiger partial charge in [-0.05, 0) is 96.5 Å². The van der Waals surface area contributed by atoms with Gasteiger partial charge in [0.15, 0.2) is 0 Å². The molecule has 0 atom stereocenters. The Morgan fingerprint density at radius 1 is 0.561 bits per heavy atom. The van der Waals surface area contributed by atoms with Gasteiger partial charge < -0.3 is 4.57 Å². The zero-order chi connectivity index (χ0) is 27.2. The quantitative estimate of drug-likeness (QED) is 0.197. The van der Waals surface area contributed by atoms with Gasteiger partial charge >= 0.3 is 0 Å². The summed E-state index contributed by atoms with van der Waals surface area (Å²) >= 11 is 3.75. The average Bonchev–Trinajstić information content (AvgIpc) is 3.80. The van der Waals surface area contributed by atoms with Crippen molar-refractivity contribution >= 4 is 45.2 Å². The van der Waals surface area contributed by atoms with Crippen LogP contribution < -0.4 is 0 Å². The second kappa shape index (κ2) is 10.3. The molecular weight excluding hydrogens is 535 g/mol. The van der Waals surface area contributed by atoms with Crippen LogP contribution in [0.25, 0.3) is 59.6 Å². The predicted octanol–water partition coefficient (Wildman–Crippen LogP) is 11.4. The lowest BCUT2D eigenvalue weighted by molar-refractivity contribution is 0.888. The van der Waals surface area contributed by atoms with Crippen molar-refractivity contribution in [1.82, 2.24) is 4.57 Å². The standard InChI is InChI=1S/C38H29NS2/c1-3-9-26(10-4-1)35-21-22-37(40-35)28-15-18-30(19-16-28)39-33-14-8-7-13-31(33)32-25-29(17-20-34(32)39)38-24-23-36(41-38)27-11-5-2-6-12-27/h1,3-5,7,9-13,15-25H,2,6,8,14H2. The van der Waals surface area contributed by atoms with Crippen molar-refractivity contribution in [3.63, 3.8) is 0 Å². The molecule has 0 fully saturated rings. The van der Waals surface area contributed by atoms with Crippen LogP contribution in [0.5, 0.6) is 0 Å². The van der Waals surface area contributed by atoms with Crippen molar-refractivity contribution in [1.29, 1.82) is 0 Å². The molecule has 3 heteroatoms. The van der Waals surface area contributed by atoms with Gasteiger partial charge in [-0.3, -0.25) is 0 Å². The molecule has 41 heavy (non-hydrogen) atoms. The minimum Gasteiger partial charge on any atom is -0.313 e. The van der Waals surface area contributed by atoms with E-state index in [1.165, 1.54) is 69.6 Å². The molecule has 1 nitrogen and oxygen atoms in total. The number of hydrogen-bond acceptors (Lipinski definition) is 2. The lowest BCUT2D eigenvalue weighted by atomic mass is 10.0. The monoisotopic (exact) mass is 563 g/mol. The highest BCUT2D eigenvalue weighted by molar-refractivity contribution is 7.18. The highest BCUT2D eigenvalue weighted by Gasteiger charge is 2.20. The first-order valence-corrected chi connectivity index (χ1v) is 16.0. The molecule has 2 aliphatic rings. The van der Waals surface area contributed by atoms with Gasteiger partial charge in [-0.15, -0.1) is 22.7 Å². The summed E-state index contributed by atoms with van der Waals surface area (Å²) in [5, 5.41) is 1.34. The summed E-state index contributed by atoms with van der Waals surface area (Å²) < 4.78 is 2.49. The van der Waals surface area contributed by atoms with Crippen molar-refractivity contribution in [2.75, 3.05) is 0 Å². The van der Waals surface area contributed by atoms with E-state index in [1.54, 1.807) is 0 Å². The van der Waals surface area contributed by atoms with Gasteiger partial charge in [0.25, 0.3) is 0 Å². The van der Waals surface area contributed by atoms with Gasteiger partial charge in [0, 0.05) is 41.8 Å². The molecule has 0 bridgehead atoms. The normalized spacial score (nSPS) is 14.4. The van der Waals surface area contributed by atoms with Crippen LogP contribution in [0.2, 0.25) is 0 Å². The maximum atomic E-state index is 2.49. The maximum Gasteiger partial charge on any atom is 0.0538 e. The number of nitrogens with zero attached hydrogens (tertiary/aromatic N) is 1. The SMILES string of the molecule is C1=CC(c2ccc(-c3ccc4c(c3)c3c(n4-c4ccc(-c5ccc(-c6ccccc6)s5)cc4)CCC=C3)s2)=CCC1. The molecule has 0 saturated heterocycles. The Morgan fingerprint density at radius 2 is 1.24 bits per heavy atom. The molecule has 0 radical (unpaired) electrons. The van der Waals surface area contributed by atoms with Gasteiger partial charge in [-0.1, -0.05) is 78.9 Å². The Balaban J connectivity index is 1.16. The highest BCUT2D eigenvalue weighted by Crippen LogP contribution is 2.40. The highest BCUT2D eigenvalue weighted by atomic mass is 32.1. The fourth-order valence-electron chi connectivity index (χ4n) is 6.14. The van der Waals surface area contributed by atoms with Crippen LogP contribution in [-0.2, 0) is 6.42 Å². The summed E-state index contributed by atoms with van der Waals surface area (Å²) in [6.07, 6.45) is 16.0. The fraction of sp³-hybridized carbons (Fsp3) is 0.105. The van der Waals surface area contributed by atoms with E-state index in [9.17, 15) is 0 Å². The van der Waals surface area contributed by atoms with Crippen molar-refractivity contribution in [3.8, 4) is 37.0 Å². The first kappa shape index (κ1) is 24.6. The summed E-state index contributed by atoms with van der Waals surface area (Å²) in [4.78, 5) is 5.30. The zero-order valence-corrected chi connectivity index (χ0v) is 24.3. The molecule has 0 amide bonds. The minimum atomic E-state index is 1.06. The molecule has 0 unspecified atom stereocenters. The number of aromatic nitrogens is 1. The van der Waals surface area contributed by atoms with Gasteiger partial charge in [-0.2, -0.15) is 0 Å². The number of thiophene rings is 2. The van der Waals surface area contributed by atoms with Crippen molar-refractivity contribution in [2.45, 2.75) is 25.7 Å². The smallest absolute Gasteiger partial charge is 0.0538 e. The molecule has 3 aromatic heterocycles. The molecule has 2 aliphatic carbocycles. The number of rotatable bonds is 5. The summed E-state index contributed by atoms with van der Waals surface area (Å²) in [5.74, 6) is 0. The van der Waals surface area contributed by atoms with Crippen molar-refractivity contribution in [2.24, 2.45) is 0 Å². The first-order valence-electron chi connectivity index (χ1n) is 14.4. The number of allylic oxidation sites excluding steroid dienone is 5. The van der Waals surface area contributed by atoms with E-state index in [2.05, 4.69) is 132 Å². The van der Waals surface area contributed by atoms with Crippen LogP contribution in [0.4, 0.5) is 0 Å². The molecule has 0 aliphatic heterocycles. The number of benzene rings is 3.